The van der Waals surface area contributed by atoms with E-state index in [2.05, 4.69) is 44.8 Å². The average molecular weight is 336 g/mol. The number of aryl methyl sites for hydroxylation is 1. The Balaban J connectivity index is 1.60. The summed E-state index contributed by atoms with van der Waals surface area (Å²) >= 11 is 0. The number of amides is 1. The van der Waals surface area contributed by atoms with Crippen molar-refractivity contribution in [1.29, 1.82) is 0 Å². The Labute approximate surface area is 148 Å². The number of aliphatic imine (C=N–C) groups is 1. The van der Waals surface area contributed by atoms with Crippen molar-refractivity contribution in [2.24, 2.45) is 4.99 Å². The molecule has 0 aliphatic carbocycles. The first-order valence-electron chi connectivity index (χ1n) is 8.57. The van der Waals surface area contributed by atoms with Gasteiger partial charge in [-0.3, -0.25) is 9.79 Å². The van der Waals surface area contributed by atoms with Crippen LogP contribution in [0.25, 0.3) is 0 Å². The van der Waals surface area contributed by atoms with Crippen molar-refractivity contribution in [1.82, 2.24) is 5.32 Å². The number of hydrogen-bond donors (Lipinski definition) is 2. The van der Waals surface area contributed by atoms with Crippen molar-refractivity contribution < 1.29 is 4.79 Å². The molecular weight excluding hydrogens is 312 g/mol. The molecule has 25 heavy (non-hydrogen) atoms. The van der Waals surface area contributed by atoms with Gasteiger partial charge in [0.1, 0.15) is 5.84 Å². The van der Waals surface area contributed by atoms with Crippen LogP contribution in [-0.2, 0) is 11.2 Å². The van der Waals surface area contributed by atoms with Gasteiger partial charge in [0, 0.05) is 38.3 Å². The molecule has 0 bridgehead atoms. The molecule has 1 heterocycles. The maximum absolute atomic E-state index is 12.3. The van der Waals surface area contributed by atoms with Crippen molar-refractivity contribution in [3.8, 4) is 0 Å². The smallest absolute Gasteiger partial charge is 0.224 e. The standard InChI is InChI=1S/C20H24N4O/c1-24(2)16-10-7-15(8-11-16)9-12-19(25)23-18-6-4-3-5-17(18)20-21-13-14-22-20/h3-8,10-11H,9,12-14H2,1-2H3,(H,21,22)(H,23,25). The number of benzene rings is 2. The number of carbonyl (C=O) groups excluding carboxylic acids is 1. The van der Waals surface area contributed by atoms with Crippen LogP contribution in [0.4, 0.5) is 11.4 Å². The summed E-state index contributed by atoms with van der Waals surface area (Å²) in [6, 6.07) is 16.1. The lowest BCUT2D eigenvalue weighted by Gasteiger charge is -2.13. The second-order valence-corrected chi connectivity index (χ2v) is 6.31. The highest BCUT2D eigenvalue weighted by molar-refractivity contribution is 6.07. The molecule has 3 rings (SSSR count). The molecule has 0 aromatic heterocycles. The second-order valence-electron chi connectivity index (χ2n) is 6.31. The van der Waals surface area contributed by atoms with E-state index in [1.807, 2.05) is 38.4 Å². The van der Waals surface area contributed by atoms with Crippen LogP contribution in [0, 0.1) is 0 Å². The molecular formula is C20H24N4O. The monoisotopic (exact) mass is 336 g/mol. The number of carbonyl (C=O) groups is 1. The van der Waals surface area contributed by atoms with E-state index >= 15 is 0 Å². The Morgan fingerprint density at radius 2 is 1.92 bits per heavy atom. The summed E-state index contributed by atoms with van der Waals surface area (Å²) in [5, 5.41) is 6.27. The summed E-state index contributed by atoms with van der Waals surface area (Å²) in [6.07, 6.45) is 1.18. The van der Waals surface area contributed by atoms with Crippen LogP contribution in [0.2, 0.25) is 0 Å². The van der Waals surface area contributed by atoms with Gasteiger partial charge in [-0.2, -0.15) is 0 Å². The molecule has 1 aliphatic heterocycles. The highest BCUT2D eigenvalue weighted by Crippen LogP contribution is 2.18. The van der Waals surface area contributed by atoms with Crippen LogP contribution in [0.1, 0.15) is 17.5 Å². The van der Waals surface area contributed by atoms with Crippen LogP contribution in [0.3, 0.4) is 0 Å². The molecule has 1 aliphatic rings. The summed E-state index contributed by atoms with van der Waals surface area (Å²) in [5.74, 6) is 0.873. The van der Waals surface area contributed by atoms with Gasteiger partial charge < -0.3 is 15.5 Å². The van der Waals surface area contributed by atoms with Crippen LogP contribution >= 0.6 is 0 Å². The highest BCUT2D eigenvalue weighted by atomic mass is 16.1. The van der Waals surface area contributed by atoms with Crippen molar-refractivity contribution >= 4 is 23.1 Å². The number of nitrogens with zero attached hydrogens (tertiary/aromatic N) is 2. The topological polar surface area (TPSA) is 56.7 Å². The number of amidine groups is 1. The van der Waals surface area contributed by atoms with Crippen molar-refractivity contribution in [2.75, 3.05) is 37.4 Å². The fourth-order valence-electron chi connectivity index (χ4n) is 2.81. The number of hydrogen-bond acceptors (Lipinski definition) is 4. The number of anilines is 2. The first-order chi connectivity index (χ1) is 12.1. The van der Waals surface area contributed by atoms with E-state index in [1.165, 1.54) is 0 Å². The predicted molar refractivity (Wildman–Crippen MR) is 104 cm³/mol. The molecule has 0 spiro atoms. The average Bonchev–Trinajstić information content (AvgIpc) is 3.15. The van der Waals surface area contributed by atoms with Gasteiger partial charge in [-0.25, -0.2) is 0 Å². The Bertz CT molecular complexity index is 766. The zero-order chi connectivity index (χ0) is 17.6. The van der Waals surface area contributed by atoms with E-state index in [0.29, 0.717) is 6.42 Å². The van der Waals surface area contributed by atoms with Crippen LogP contribution < -0.4 is 15.5 Å². The van der Waals surface area contributed by atoms with Crippen LogP contribution in [0.15, 0.2) is 53.5 Å². The van der Waals surface area contributed by atoms with E-state index in [9.17, 15) is 4.79 Å². The predicted octanol–water partition coefficient (Wildman–Crippen LogP) is 2.67. The van der Waals surface area contributed by atoms with Gasteiger partial charge in [0.2, 0.25) is 5.91 Å². The van der Waals surface area contributed by atoms with Gasteiger partial charge in [-0.15, -0.1) is 0 Å². The summed E-state index contributed by atoms with van der Waals surface area (Å²) < 4.78 is 0. The Morgan fingerprint density at radius 3 is 2.60 bits per heavy atom. The quantitative estimate of drug-likeness (QED) is 0.853. The molecule has 2 aromatic carbocycles. The maximum Gasteiger partial charge on any atom is 0.224 e. The Morgan fingerprint density at radius 1 is 1.16 bits per heavy atom. The van der Waals surface area contributed by atoms with E-state index in [4.69, 9.17) is 0 Å². The number of nitrogens with one attached hydrogen (secondary N) is 2. The Hall–Kier alpha value is -2.82. The molecule has 2 N–H and O–H groups in total. The molecule has 1 amide bonds. The summed E-state index contributed by atoms with van der Waals surface area (Å²) in [4.78, 5) is 18.9. The fraction of sp³-hybridized carbons (Fsp3) is 0.300. The molecule has 0 unspecified atom stereocenters. The van der Waals surface area contributed by atoms with Gasteiger partial charge in [0.15, 0.2) is 0 Å². The zero-order valence-electron chi connectivity index (χ0n) is 14.7. The number of rotatable bonds is 6. The largest absolute Gasteiger partial charge is 0.378 e. The van der Waals surface area contributed by atoms with Gasteiger partial charge in [-0.05, 0) is 36.2 Å². The van der Waals surface area contributed by atoms with Crippen molar-refractivity contribution in [2.45, 2.75) is 12.8 Å². The lowest BCUT2D eigenvalue weighted by molar-refractivity contribution is -0.116. The first kappa shape index (κ1) is 17.0. The highest BCUT2D eigenvalue weighted by Gasteiger charge is 2.13. The van der Waals surface area contributed by atoms with Crippen molar-refractivity contribution in [3.05, 3.63) is 59.7 Å². The molecule has 0 fully saturated rings. The molecule has 0 saturated carbocycles. The minimum atomic E-state index is 0.0164. The lowest BCUT2D eigenvalue weighted by atomic mass is 10.1. The van der Waals surface area contributed by atoms with Crippen LogP contribution in [0.5, 0.6) is 0 Å². The molecule has 0 atom stereocenters. The molecule has 0 radical (unpaired) electrons. The van der Waals surface area contributed by atoms with E-state index in [0.717, 1.165) is 47.8 Å². The number of para-hydroxylation sites is 1. The Kier molecular flexibility index (Phi) is 5.33. The third-order valence-electron chi connectivity index (χ3n) is 4.22. The molecule has 2 aromatic rings. The lowest BCUT2D eigenvalue weighted by Crippen LogP contribution is -2.22. The molecule has 130 valence electrons. The fourth-order valence-corrected chi connectivity index (χ4v) is 2.81. The molecule has 5 heteroatoms. The van der Waals surface area contributed by atoms with Crippen molar-refractivity contribution in [3.63, 3.8) is 0 Å². The third-order valence-corrected chi connectivity index (χ3v) is 4.22. The van der Waals surface area contributed by atoms with Crippen LogP contribution in [-0.4, -0.2) is 38.9 Å². The van der Waals surface area contributed by atoms with Gasteiger partial charge >= 0.3 is 0 Å². The van der Waals surface area contributed by atoms with E-state index < -0.39 is 0 Å². The minimum Gasteiger partial charge on any atom is -0.378 e. The molecule has 0 saturated heterocycles. The summed E-state index contributed by atoms with van der Waals surface area (Å²) in [7, 11) is 4.03. The summed E-state index contributed by atoms with van der Waals surface area (Å²) in [5.41, 5.74) is 4.08. The van der Waals surface area contributed by atoms with Gasteiger partial charge in [0.05, 0.1) is 12.2 Å². The minimum absolute atomic E-state index is 0.0164. The SMILES string of the molecule is CN(C)c1ccc(CCC(=O)Nc2ccccc2C2=NCCN2)cc1. The summed E-state index contributed by atoms with van der Waals surface area (Å²) in [6.45, 7) is 1.63. The second kappa shape index (κ2) is 7.83. The third kappa shape index (κ3) is 4.38. The zero-order valence-corrected chi connectivity index (χ0v) is 14.7. The van der Waals surface area contributed by atoms with E-state index in [1.54, 1.807) is 0 Å². The maximum atomic E-state index is 12.3. The van der Waals surface area contributed by atoms with E-state index in [-0.39, 0.29) is 5.91 Å². The normalized spacial score (nSPS) is 13.1. The van der Waals surface area contributed by atoms with Gasteiger partial charge in [-0.1, -0.05) is 24.3 Å². The molecule has 5 nitrogen and oxygen atoms in total. The first-order valence-corrected chi connectivity index (χ1v) is 8.57. The van der Waals surface area contributed by atoms with Gasteiger partial charge in [0.25, 0.3) is 0 Å².